The summed E-state index contributed by atoms with van der Waals surface area (Å²) in [6, 6.07) is 5.87. The SMILES string of the molecule is O=C(CCSCc1ccccn1)NC1(CO)CCCC1. The smallest absolute Gasteiger partial charge is 0.221 e. The number of thioether (sulfide) groups is 1. The molecule has 2 N–H and O–H groups in total. The number of rotatable bonds is 7. The quantitative estimate of drug-likeness (QED) is 0.756. The summed E-state index contributed by atoms with van der Waals surface area (Å²) in [5, 5.41) is 12.5. The van der Waals surface area contributed by atoms with E-state index in [0.717, 1.165) is 42.9 Å². The summed E-state index contributed by atoms with van der Waals surface area (Å²) in [6.07, 6.45) is 6.27. The molecule has 1 amide bonds. The molecule has 0 atom stereocenters. The van der Waals surface area contributed by atoms with Crippen molar-refractivity contribution in [2.75, 3.05) is 12.4 Å². The van der Waals surface area contributed by atoms with Gasteiger partial charge in [0, 0.05) is 24.1 Å². The van der Waals surface area contributed by atoms with Gasteiger partial charge in [-0.25, -0.2) is 0 Å². The lowest BCUT2D eigenvalue weighted by atomic mass is 9.99. The van der Waals surface area contributed by atoms with Crippen LogP contribution in [0.2, 0.25) is 0 Å². The fraction of sp³-hybridized carbons (Fsp3) is 0.600. The summed E-state index contributed by atoms with van der Waals surface area (Å²) >= 11 is 1.71. The molecule has 1 heterocycles. The first kappa shape index (κ1) is 15.3. The van der Waals surface area contributed by atoms with Gasteiger partial charge in [0.05, 0.1) is 17.8 Å². The average Bonchev–Trinajstić information content (AvgIpc) is 2.94. The minimum Gasteiger partial charge on any atom is -0.394 e. The van der Waals surface area contributed by atoms with E-state index >= 15 is 0 Å². The van der Waals surface area contributed by atoms with Crippen LogP contribution in [0.5, 0.6) is 0 Å². The third-order valence-electron chi connectivity index (χ3n) is 3.72. The van der Waals surface area contributed by atoms with Crippen molar-refractivity contribution >= 4 is 17.7 Å². The zero-order valence-corrected chi connectivity index (χ0v) is 12.5. The fourth-order valence-electron chi connectivity index (χ4n) is 2.56. The van der Waals surface area contributed by atoms with Crippen LogP contribution in [-0.4, -0.2) is 33.9 Å². The van der Waals surface area contributed by atoms with E-state index in [0.29, 0.717) is 6.42 Å². The molecule has 110 valence electrons. The second kappa shape index (κ2) is 7.64. The Morgan fingerprint density at radius 3 is 2.85 bits per heavy atom. The van der Waals surface area contributed by atoms with Crippen LogP contribution >= 0.6 is 11.8 Å². The van der Waals surface area contributed by atoms with E-state index in [2.05, 4.69) is 10.3 Å². The Labute approximate surface area is 124 Å². The number of pyridine rings is 1. The number of nitrogens with one attached hydrogen (secondary N) is 1. The monoisotopic (exact) mass is 294 g/mol. The van der Waals surface area contributed by atoms with Crippen molar-refractivity contribution < 1.29 is 9.90 Å². The minimum atomic E-state index is -0.345. The molecule has 20 heavy (non-hydrogen) atoms. The van der Waals surface area contributed by atoms with Gasteiger partial charge >= 0.3 is 0 Å². The normalized spacial score (nSPS) is 17.1. The Hall–Kier alpha value is -1.07. The molecule has 0 aliphatic heterocycles. The Morgan fingerprint density at radius 1 is 1.40 bits per heavy atom. The molecule has 5 heteroatoms. The zero-order valence-electron chi connectivity index (χ0n) is 11.7. The summed E-state index contributed by atoms with van der Waals surface area (Å²) in [5.41, 5.74) is 0.698. The summed E-state index contributed by atoms with van der Waals surface area (Å²) in [6.45, 7) is 0.0554. The highest BCUT2D eigenvalue weighted by Gasteiger charge is 2.34. The topological polar surface area (TPSA) is 62.2 Å². The number of amides is 1. The third kappa shape index (κ3) is 4.49. The van der Waals surface area contributed by atoms with Crippen LogP contribution in [0.3, 0.4) is 0 Å². The fourth-order valence-corrected chi connectivity index (χ4v) is 3.41. The van der Waals surface area contributed by atoms with Gasteiger partial charge < -0.3 is 10.4 Å². The van der Waals surface area contributed by atoms with Gasteiger partial charge in [-0.3, -0.25) is 9.78 Å². The van der Waals surface area contributed by atoms with Gasteiger partial charge in [0.15, 0.2) is 0 Å². The molecular formula is C15H22N2O2S. The van der Waals surface area contributed by atoms with Crippen LogP contribution in [0.1, 0.15) is 37.8 Å². The largest absolute Gasteiger partial charge is 0.394 e. The number of aliphatic hydroxyl groups excluding tert-OH is 1. The highest BCUT2D eigenvalue weighted by molar-refractivity contribution is 7.98. The zero-order chi connectivity index (χ0) is 14.3. The van der Waals surface area contributed by atoms with Crippen LogP contribution in [0, 0.1) is 0 Å². The van der Waals surface area contributed by atoms with Gasteiger partial charge in [-0.05, 0) is 25.0 Å². The molecule has 0 spiro atoms. The van der Waals surface area contributed by atoms with Crippen molar-refractivity contribution in [1.82, 2.24) is 10.3 Å². The van der Waals surface area contributed by atoms with Crippen molar-refractivity contribution in [3.63, 3.8) is 0 Å². The van der Waals surface area contributed by atoms with E-state index in [1.165, 1.54) is 0 Å². The van der Waals surface area contributed by atoms with E-state index < -0.39 is 0 Å². The Morgan fingerprint density at radius 2 is 2.20 bits per heavy atom. The molecule has 2 rings (SSSR count). The van der Waals surface area contributed by atoms with Gasteiger partial charge in [-0.1, -0.05) is 18.9 Å². The Balaban J connectivity index is 1.65. The van der Waals surface area contributed by atoms with Gasteiger partial charge in [0.1, 0.15) is 0 Å². The van der Waals surface area contributed by atoms with Gasteiger partial charge in [0.2, 0.25) is 5.91 Å². The number of carbonyl (C=O) groups excluding carboxylic acids is 1. The van der Waals surface area contributed by atoms with Crippen molar-refractivity contribution in [2.45, 2.75) is 43.4 Å². The lowest BCUT2D eigenvalue weighted by Crippen LogP contribution is -2.49. The molecule has 1 fully saturated rings. The number of aliphatic hydroxyl groups is 1. The number of aromatic nitrogens is 1. The highest BCUT2D eigenvalue weighted by Crippen LogP contribution is 2.29. The maximum absolute atomic E-state index is 11.9. The molecule has 0 bridgehead atoms. The number of hydrogen-bond acceptors (Lipinski definition) is 4. The molecule has 1 aliphatic rings. The minimum absolute atomic E-state index is 0.0504. The van der Waals surface area contributed by atoms with E-state index in [1.54, 1.807) is 18.0 Å². The molecule has 1 aromatic heterocycles. The maximum atomic E-state index is 11.9. The lowest BCUT2D eigenvalue weighted by Gasteiger charge is -2.27. The number of carbonyl (C=O) groups is 1. The first-order valence-electron chi connectivity index (χ1n) is 7.14. The summed E-state index contributed by atoms with van der Waals surface area (Å²) in [7, 11) is 0. The maximum Gasteiger partial charge on any atom is 0.221 e. The van der Waals surface area contributed by atoms with Crippen molar-refractivity contribution in [3.05, 3.63) is 30.1 Å². The second-order valence-corrected chi connectivity index (χ2v) is 6.42. The molecule has 1 aromatic rings. The molecule has 0 unspecified atom stereocenters. The van der Waals surface area contributed by atoms with Crippen LogP contribution in [-0.2, 0) is 10.5 Å². The molecule has 0 aromatic carbocycles. The Kier molecular flexibility index (Phi) is 5.86. The van der Waals surface area contributed by atoms with Crippen LogP contribution in [0.25, 0.3) is 0 Å². The first-order chi connectivity index (χ1) is 9.74. The van der Waals surface area contributed by atoms with E-state index in [4.69, 9.17) is 0 Å². The van der Waals surface area contributed by atoms with Crippen molar-refractivity contribution in [2.24, 2.45) is 0 Å². The van der Waals surface area contributed by atoms with Crippen molar-refractivity contribution in [1.29, 1.82) is 0 Å². The van der Waals surface area contributed by atoms with Crippen LogP contribution < -0.4 is 5.32 Å². The first-order valence-corrected chi connectivity index (χ1v) is 8.29. The van der Waals surface area contributed by atoms with Gasteiger partial charge in [0.25, 0.3) is 0 Å². The van der Waals surface area contributed by atoms with Crippen LogP contribution in [0.4, 0.5) is 0 Å². The number of hydrogen-bond donors (Lipinski definition) is 2. The summed E-state index contributed by atoms with van der Waals surface area (Å²) in [5.74, 6) is 1.66. The predicted molar refractivity (Wildman–Crippen MR) is 81.4 cm³/mol. The van der Waals surface area contributed by atoms with Gasteiger partial charge in [-0.2, -0.15) is 11.8 Å². The molecule has 0 saturated heterocycles. The van der Waals surface area contributed by atoms with Crippen molar-refractivity contribution in [3.8, 4) is 0 Å². The molecular weight excluding hydrogens is 272 g/mol. The second-order valence-electron chi connectivity index (χ2n) is 5.32. The molecule has 1 saturated carbocycles. The summed E-state index contributed by atoms with van der Waals surface area (Å²) in [4.78, 5) is 16.2. The summed E-state index contributed by atoms with van der Waals surface area (Å²) < 4.78 is 0. The molecule has 4 nitrogen and oxygen atoms in total. The molecule has 1 aliphatic carbocycles. The highest BCUT2D eigenvalue weighted by atomic mass is 32.2. The van der Waals surface area contributed by atoms with E-state index in [1.807, 2.05) is 18.2 Å². The third-order valence-corrected chi connectivity index (χ3v) is 4.71. The average molecular weight is 294 g/mol. The number of nitrogens with zero attached hydrogens (tertiary/aromatic N) is 1. The lowest BCUT2D eigenvalue weighted by molar-refractivity contribution is -0.123. The Bertz CT molecular complexity index is 419. The molecule has 0 radical (unpaired) electrons. The van der Waals surface area contributed by atoms with E-state index in [9.17, 15) is 9.90 Å². The predicted octanol–water partition coefficient (Wildman–Crippen LogP) is 2.13. The standard InChI is InChI=1S/C15H22N2O2S/c18-12-15(7-2-3-8-15)17-14(19)6-10-20-11-13-5-1-4-9-16-13/h1,4-5,9,18H,2-3,6-8,10-12H2,(H,17,19). The van der Waals surface area contributed by atoms with E-state index in [-0.39, 0.29) is 18.1 Å². The van der Waals surface area contributed by atoms with Gasteiger partial charge in [-0.15, -0.1) is 0 Å². The van der Waals surface area contributed by atoms with Crippen LogP contribution in [0.15, 0.2) is 24.4 Å².